The molecule has 1 aliphatic rings. The first kappa shape index (κ1) is 22.5. The maximum Gasteiger partial charge on any atom is 0.354 e. The van der Waals surface area contributed by atoms with Crippen LogP contribution in [0.1, 0.15) is 64.4 Å². The fourth-order valence-corrected chi connectivity index (χ4v) is 3.58. The van der Waals surface area contributed by atoms with Gasteiger partial charge in [0.05, 0.1) is 24.9 Å². The van der Waals surface area contributed by atoms with E-state index in [-0.39, 0.29) is 11.9 Å². The highest BCUT2D eigenvalue weighted by Gasteiger charge is 2.30. The van der Waals surface area contributed by atoms with Crippen molar-refractivity contribution in [3.8, 4) is 11.8 Å². The van der Waals surface area contributed by atoms with E-state index in [2.05, 4.69) is 13.0 Å². The maximum absolute atomic E-state index is 12.4. The maximum atomic E-state index is 12.4. The number of hydrogen-bond acceptors (Lipinski definition) is 5. The second kappa shape index (κ2) is 11.3. The van der Waals surface area contributed by atoms with Crippen molar-refractivity contribution in [2.75, 3.05) is 20.3 Å². The molecule has 2 rings (SSSR count). The first-order valence-electron chi connectivity index (χ1n) is 10.6. The summed E-state index contributed by atoms with van der Waals surface area (Å²) in [6.45, 7) is 7.00. The van der Waals surface area contributed by atoms with Crippen molar-refractivity contribution < 1.29 is 14.3 Å². The highest BCUT2D eigenvalue weighted by molar-refractivity contribution is 5.89. The van der Waals surface area contributed by atoms with E-state index < -0.39 is 0 Å². The molecule has 0 aliphatic carbocycles. The van der Waals surface area contributed by atoms with Gasteiger partial charge in [-0.2, -0.15) is 5.26 Å². The Labute approximate surface area is 174 Å². The van der Waals surface area contributed by atoms with Crippen LogP contribution < -0.4 is 4.74 Å². The van der Waals surface area contributed by atoms with Gasteiger partial charge >= 0.3 is 5.97 Å². The Balaban J connectivity index is 2.23. The number of likely N-dealkylation sites (N-methyl/N-ethyl adjacent to an activating group) is 1. The molecule has 1 heterocycles. The summed E-state index contributed by atoms with van der Waals surface area (Å²) in [5.41, 5.74) is 2.94. The molecular formula is C24H32N2O3. The third-order valence-electron chi connectivity index (χ3n) is 5.16. The number of nitriles is 1. The molecule has 5 heteroatoms. The number of hydrogen-bond donors (Lipinski definition) is 0. The fraction of sp³-hybridized carbons (Fsp3) is 0.500. The van der Waals surface area contributed by atoms with E-state index in [1.165, 1.54) is 19.3 Å². The Bertz CT molecular complexity index is 787. The molecule has 0 aromatic heterocycles. The Morgan fingerprint density at radius 3 is 2.45 bits per heavy atom. The normalized spacial score (nSPS) is 16.3. The van der Waals surface area contributed by atoms with Crippen LogP contribution in [-0.4, -0.2) is 31.1 Å². The van der Waals surface area contributed by atoms with Gasteiger partial charge in [0.15, 0.2) is 0 Å². The molecule has 1 aromatic rings. The SMILES string of the molecule is CCCCCCOc1ccc(C2C=C(C(=O)OCC)N(C)C(CC)=C2C#N)cc1. The van der Waals surface area contributed by atoms with Crippen molar-refractivity contribution in [3.63, 3.8) is 0 Å². The summed E-state index contributed by atoms with van der Waals surface area (Å²) in [7, 11) is 1.81. The van der Waals surface area contributed by atoms with Crippen molar-refractivity contribution >= 4 is 5.97 Å². The lowest BCUT2D eigenvalue weighted by atomic mass is 9.86. The summed E-state index contributed by atoms with van der Waals surface area (Å²) in [6, 6.07) is 10.2. The molecule has 1 aliphatic heterocycles. The average molecular weight is 397 g/mol. The third kappa shape index (κ3) is 5.63. The molecule has 0 saturated heterocycles. The van der Waals surface area contributed by atoms with Crippen LogP contribution >= 0.6 is 0 Å². The van der Waals surface area contributed by atoms with Crippen molar-refractivity contribution in [1.82, 2.24) is 4.90 Å². The monoisotopic (exact) mass is 396 g/mol. The zero-order chi connectivity index (χ0) is 21.2. The second-order valence-corrected chi connectivity index (χ2v) is 7.11. The van der Waals surface area contributed by atoms with Gasteiger partial charge in [-0.1, -0.05) is 45.2 Å². The predicted molar refractivity (Wildman–Crippen MR) is 114 cm³/mol. The summed E-state index contributed by atoms with van der Waals surface area (Å²) in [4.78, 5) is 14.2. The Kier molecular flexibility index (Phi) is 8.79. The molecule has 0 radical (unpaired) electrons. The molecule has 0 saturated carbocycles. The first-order chi connectivity index (χ1) is 14.1. The van der Waals surface area contributed by atoms with Crippen LogP contribution in [0.4, 0.5) is 0 Å². The van der Waals surface area contributed by atoms with Gasteiger partial charge in [0, 0.05) is 18.7 Å². The molecule has 29 heavy (non-hydrogen) atoms. The zero-order valence-electron chi connectivity index (χ0n) is 18.0. The van der Waals surface area contributed by atoms with E-state index in [9.17, 15) is 10.1 Å². The molecule has 0 amide bonds. The van der Waals surface area contributed by atoms with Crippen LogP contribution in [0.25, 0.3) is 0 Å². The van der Waals surface area contributed by atoms with E-state index in [1.54, 1.807) is 11.8 Å². The highest BCUT2D eigenvalue weighted by atomic mass is 16.5. The summed E-state index contributed by atoms with van der Waals surface area (Å²) < 4.78 is 11.0. The van der Waals surface area contributed by atoms with Crippen molar-refractivity contribution in [2.24, 2.45) is 0 Å². The molecule has 1 atom stereocenters. The van der Waals surface area contributed by atoms with Crippen LogP contribution in [0, 0.1) is 11.3 Å². The number of benzene rings is 1. The minimum Gasteiger partial charge on any atom is -0.494 e. The van der Waals surface area contributed by atoms with Crippen LogP contribution in [-0.2, 0) is 9.53 Å². The summed E-state index contributed by atoms with van der Waals surface area (Å²) in [5, 5.41) is 9.81. The minimum atomic E-state index is -0.366. The molecule has 0 bridgehead atoms. The predicted octanol–water partition coefficient (Wildman–Crippen LogP) is 5.31. The minimum absolute atomic E-state index is 0.274. The molecule has 156 valence electrons. The summed E-state index contributed by atoms with van der Waals surface area (Å²) in [5.74, 6) is 0.185. The highest BCUT2D eigenvalue weighted by Crippen LogP contribution is 2.37. The molecule has 0 fully saturated rings. The number of nitrogens with zero attached hydrogens (tertiary/aromatic N) is 2. The van der Waals surface area contributed by atoms with Crippen LogP contribution in [0.2, 0.25) is 0 Å². The number of rotatable bonds is 10. The van der Waals surface area contributed by atoms with Gasteiger partial charge in [-0.15, -0.1) is 0 Å². The standard InChI is InChI=1S/C24H32N2O3/c1-5-8-9-10-15-29-19-13-11-18(12-14-19)20-16-23(24(27)28-7-3)26(4)22(6-2)21(20)17-25/h11-14,16,20H,5-10,15H2,1-4H3. The summed E-state index contributed by atoms with van der Waals surface area (Å²) in [6.07, 6.45) is 7.17. The van der Waals surface area contributed by atoms with Crippen molar-refractivity contribution in [1.29, 1.82) is 5.26 Å². The largest absolute Gasteiger partial charge is 0.494 e. The Morgan fingerprint density at radius 2 is 1.86 bits per heavy atom. The van der Waals surface area contributed by atoms with E-state index in [0.29, 0.717) is 30.9 Å². The second-order valence-electron chi connectivity index (χ2n) is 7.11. The molecule has 5 nitrogen and oxygen atoms in total. The van der Waals surface area contributed by atoms with Gasteiger partial charge < -0.3 is 14.4 Å². The third-order valence-corrected chi connectivity index (χ3v) is 5.16. The van der Waals surface area contributed by atoms with E-state index in [0.717, 1.165) is 23.4 Å². The fourth-order valence-electron chi connectivity index (χ4n) is 3.58. The topological polar surface area (TPSA) is 62.6 Å². The number of carbonyl (C=O) groups excluding carboxylic acids is 1. The summed E-state index contributed by atoms with van der Waals surface area (Å²) >= 11 is 0. The van der Waals surface area contributed by atoms with Crippen molar-refractivity contribution in [3.05, 3.63) is 52.9 Å². The van der Waals surface area contributed by atoms with Gasteiger partial charge in [-0.05, 0) is 43.5 Å². The van der Waals surface area contributed by atoms with Gasteiger partial charge in [0.1, 0.15) is 11.4 Å². The number of allylic oxidation sites excluding steroid dienone is 3. The molecular weight excluding hydrogens is 364 g/mol. The average Bonchev–Trinajstić information content (AvgIpc) is 2.73. The van der Waals surface area contributed by atoms with E-state index in [1.807, 2.05) is 44.3 Å². The van der Waals surface area contributed by atoms with E-state index >= 15 is 0 Å². The first-order valence-corrected chi connectivity index (χ1v) is 10.6. The number of ether oxygens (including phenoxy) is 2. The molecule has 1 unspecified atom stereocenters. The van der Waals surface area contributed by atoms with Gasteiger partial charge in [-0.3, -0.25) is 0 Å². The lowest BCUT2D eigenvalue weighted by molar-refractivity contribution is -0.140. The van der Waals surface area contributed by atoms with Crippen LogP contribution in [0.15, 0.2) is 47.3 Å². The van der Waals surface area contributed by atoms with Gasteiger partial charge in [-0.25, -0.2) is 4.79 Å². The Hall–Kier alpha value is -2.74. The Morgan fingerprint density at radius 1 is 1.14 bits per heavy atom. The van der Waals surface area contributed by atoms with Crippen molar-refractivity contribution in [2.45, 2.75) is 58.8 Å². The van der Waals surface area contributed by atoms with Gasteiger partial charge in [0.2, 0.25) is 0 Å². The molecule has 0 spiro atoms. The van der Waals surface area contributed by atoms with Crippen LogP contribution in [0.5, 0.6) is 5.75 Å². The van der Waals surface area contributed by atoms with Gasteiger partial charge in [0.25, 0.3) is 0 Å². The quantitative estimate of drug-likeness (QED) is 0.396. The lowest BCUT2D eigenvalue weighted by Crippen LogP contribution is -2.30. The number of unbranched alkanes of at least 4 members (excludes halogenated alkanes) is 3. The lowest BCUT2D eigenvalue weighted by Gasteiger charge is -2.32. The zero-order valence-corrected chi connectivity index (χ0v) is 18.0. The van der Waals surface area contributed by atoms with E-state index in [4.69, 9.17) is 9.47 Å². The smallest absolute Gasteiger partial charge is 0.354 e. The van der Waals surface area contributed by atoms with Crippen LogP contribution in [0.3, 0.4) is 0 Å². The molecule has 0 N–H and O–H groups in total. The number of esters is 1. The molecule has 1 aromatic carbocycles. The number of carbonyl (C=O) groups is 1.